The van der Waals surface area contributed by atoms with Gasteiger partial charge < -0.3 is 9.80 Å². The third-order valence-corrected chi connectivity index (χ3v) is 5.49. The molecule has 1 amide bonds. The van der Waals surface area contributed by atoms with Crippen LogP contribution in [0, 0.1) is 0 Å². The van der Waals surface area contributed by atoms with Gasteiger partial charge in [0.1, 0.15) is 0 Å². The predicted octanol–water partition coefficient (Wildman–Crippen LogP) is 4.26. The van der Waals surface area contributed by atoms with Crippen LogP contribution >= 0.6 is 11.9 Å². The number of piperidine rings is 1. The number of anilines is 1. The number of carbonyl (C=O) groups is 1. The van der Waals surface area contributed by atoms with Crippen LogP contribution in [0.3, 0.4) is 0 Å². The van der Waals surface area contributed by atoms with Crippen LogP contribution in [-0.4, -0.2) is 30.4 Å². The highest BCUT2D eigenvalue weighted by molar-refractivity contribution is 8.01. The molecule has 0 spiro atoms. The van der Waals surface area contributed by atoms with Crippen molar-refractivity contribution in [1.29, 1.82) is 0 Å². The first kappa shape index (κ1) is 18.8. The third-order valence-electron chi connectivity index (χ3n) is 5.05. The molecule has 1 fully saturated rings. The first-order chi connectivity index (χ1) is 12.6. The zero-order valence-electron chi connectivity index (χ0n) is 15.2. The van der Waals surface area contributed by atoms with Gasteiger partial charge in [0.2, 0.25) is 0 Å². The maximum Gasteiger partial charge on any atom is 0.253 e. The molecule has 3 rings (SSSR count). The SMILES string of the molecule is C=C(/C=C\C(=C)N1CCCc2cc(C(=O)N3CCCCC3)ccc21)SN. The van der Waals surface area contributed by atoms with Crippen LogP contribution in [-0.2, 0) is 6.42 Å². The summed E-state index contributed by atoms with van der Waals surface area (Å²) < 4.78 is 0. The van der Waals surface area contributed by atoms with Gasteiger partial charge in [-0.05, 0) is 80.0 Å². The number of amides is 1. The molecule has 2 aliphatic rings. The number of carbonyl (C=O) groups excluding carboxylic acids is 1. The van der Waals surface area contributed by atoms with Gasteiger partial charge >= 0.3 is 0 Å². The number of likely N-dealkylation sites (tertiary alicyclic amines) is 1. The van der Waals surface area contributed by atoms with E-state index >= 15 is 0 Å². The molecule has 0 unspecified atom stereocenters. The van der Waals surface area contributed by atoms with Crippen molar-refractivity contribution in [3.8, 4) is 0 Å². The molecule has 1 saturated heterocycles. The van der Waals surface area contributed by atoms with Crippen molar-refractivity contribution in [2.75, 3.05) is 24.5 Å². The van der Waals surface area contributed by atoms with Gasteiger partial charge in [-0.15, -0.1) is 0 Å². The van der Waals surface area contributed by atoms with Crippen LogP contribution in [0.25, 0.3) is 0 Å². The van der Waals surface area contributed by atoms with Crippen molar-refractivity contribution in [3.05, 3.63) is 65.2 Å². The van der Waals surface area contributed by atoms with Gasteiger partial charge in [-0.25, -0.2) is 0 Å². The van der Waals surface area contributed by atoms with Gasteiger partial charge in [-0.1, -0.05) is 13.2 Å². The molecule has 5 heteroatoms. The lowest BCUT2D eigenvalue weighted by Gasteiger charge is -2.32. The van der Waals surface area contributed by atoms with Crippen LogP contribution in [0.5, 0.6) is 0 Å². The van der Waals surface area contributed by atoms with Crippen LogP contribution in [0.4, 0.5) is 5.69 Å². The Labute approximate surface area is 160 Å². The topological polar surface area (TPSA) is 49.6 Å². The molecule has 2 N–H and O–H groups in total. The summed E-state index contributed by atoms with van der Waals surface area (Å²) in [6.07, 6.45) is 9.34. The van der Waals surface area contributed by atoms with E-state index in [2.05, 4.69) is 30.2 Å². The van der Waals surface area contributed by atoms with Gasteiger partial charge in [0.05, 0.1) is 0 Å². The second-order valence-corrected chi connectivity index (χ2v) is 7.62. The molecule has 0 radical (unpaired) electrons. The summed E-state index contributed by atoms with van der Waals surface area (Å²) in [5, 5.41) is 5.51. The van der Waals surface area contributed by atoms with E-state index in [0.29, 0.717) is 0 Å². The van der Waals surface area contributed by atoms with Gasteiger partial charge in [-0.2, -0.15) is 0 Å². The lowest BCUT2D eigenvalue weighted by atomic mass is 9.98. The van der Waals surface area contributed by atoms with E-state index in [1.54, 1.807) is 0 Å². The summed E-state index contributed by atoms with van der Waals surface area (Å²) in [4.78, 5) is 17.8. The fraction of sp³-hybridized carbons (Fsp3) is 0.381. The Morgan fingerprint density at radius 1 is 1.08 bits per heavy atom. The molecule has 1 aromatic carbocycles. The van der Waals surface area contributed by atoms with Crippen molar-refractivity contribution < 1.29 is 4.79 Å². The average molecular weight is 370 g/mol. The Morgan fingerprint density at radius 2 is 1.85 bits per heavy atom. The highest BCUT2D eigenvalue weighted by atomic mass is 32.2. The number of fused-ring (bicyclic) bond motifs is 1. The minimum Gasteiger partial charge on any atom is -0.342 e. The Hall–Kier alpha value is -1.98. The minimum absolute atomic E-state index is 0.166. The summed E-state index contributed by atoms with van der Waals surface area (Å²) in [5.41, 5.74) is 4.09. The van der Waals surface area contributed by atoms with Crippen LogP contribution in [0.1, 0.15) is 41.6 Å². The van der Waals surface area contributed by atoms with E-state index in [0.717, 1.165) is 79.1 Å². The van der Waals surface area contributed by atoms with Crippen LogP contribution in [0.2, 0.25) is 0 Å². The fourth-order valence-electron chi connectivity index (χ4n) is 3.63. The Bertz CT molecular complexity index is 735. The molecule has 0 aliphatic carbocycles. The quantitative estimate of drug-likeness (QED) is 0.622. The molecule has 138 valence electrons. The number of nitrogens with zero attached hydrogens (tertiary/aromatic N) is 2. The van der Waals surface area contributed by atoms with E-state index in [1.807, 2.05) is 23.1 Å². The lowest BCUT2D eigenvalue weighted by molar-refractivity contribution is 0.0724. The zero-order valence-corrected chi connectivity index (χ0v) is 16.1. The minimum atomic E-state index is 0.166. The van der Waals surface area contributed by atoms with E-state index in [-0.39, 0.29) is 5.91 Å². The Kier molecular flexibility index (Phi) is 6.22. The van der Waals surface area contributed by atoms with Gasteiger partial charge in [0, 0.05) is 41.5 Å². The number of hydrogen-bond donors (Lipinski definition) is 1. The number of aryl methyl sites for hydroxylation is 1. The molecule has 0 saturated carbocycles. The largest absolute Gasteiger partial charge is 0.342 e. The van der Waals surface area contributed by atoms with Crippen molar-refractivity contribution in [3.63, 3.8) is 0 Å². The highest BCUT2D eigenvalue weighted by Crippen LogP contribution is 2.31. The monoisotopic (exact) mass is 369 g/mol. The van der Waals surface area contributed by atoms with Gasteiger partial charge in [-0.3, -0.25) is 9.93 Å². The molecule has 4 nitrogen and oxygen atoms in total. The van der Waals surface area contributed by atoms with Gasteiger partial charge in [0.15, 0.2) is 0 Å². The number of hydrogen-bond acceptors (Lipinski definition) is 4. The third kappa shape index (κ3) is 4.22. The molecular weight excluding hydrogens is 342 g/mol. The summed E-state index contributed by atoms with van der Waals surface area (Å²) in [7, 11) is 0. The predicted molar refractivity (Wildman–Crippen MR) is 111 cm³/mol. The lowest BCUT2D eigenvalue weighted by Crippen LogP contribution is -2.35. The van der Waals surface area contributed by atoms with Crippen molar-refractivity contribution in [2.45, 2.75) is 32.1 Å². The summed E-state index contributed by atoms with van der Waals surface area (Å²) in [6, 6.07) is 6.10. The molecule has 0 atom stereocenters. The molecule has 2 heterocycles. The van der Waals surface area contributed by atoms with Crippen molar-refractivity contribution in [2.24, 2.45) is 5.14 Å². The smallest absolute Gasteiger partial charge is 0.253 e. The summed E-state index contributed by atoms with van der Waals surface area (Å²) >= 11 is 1.13. The Balaban J connectivity index is 1.78. The molecule has 2 aliphatic heterocycles. The zero-order chi connectivity index (χ0) is 18.5. The fourth-order valence-corrected chi connectivity index (χ4v) is 3.77. The maximum absolute atomic E-state index is 12.8. The van der Waals surface area contributed by atoms with Crippen LogP contribution < -0.4 is 10.0 Å². The number of allylic oxidation sites excluding steroid dienone is 2. The van der Waals surface area contributed by atoms with Gasteiger partial charge in [0.25, 0.3) is 5.91 Å². The highest BCUT2D eigenvalue weighted by Gasteiger charge is 2.22. The standard InChI is InChI=1S/C21H27N3OS/c1-16(8-9-17(2)26-22)24-14-6-7-18-15-19(10-11-20(18)24)21(25)23-12-4-3-5-13-23/h8-11,15H,1-7,12-14,22H2/b9-8-. The van der Waals surface area contributed by atoms with Crippen molar-refractivity contribution in [1.82, 2.24) is 4.90 Å². The molecular formula is C21H27N3OS. The van der Waals surface area contributed by atoms with E-state index in [9.17, 15) is 4.79 Å². The first-order valence-corrected chi connectivity index (χ1v) is 10.1. The second-order valence-electron chi connectivity index (χ2n) is 6.86. The first-order valence-electron chi connectivity index (χ1n) is 9.22. The van der Waals surface area contributed by atoms with E-state index in [1.165, 1.54) is 12.0 Å². The normalized spacial score (nSPS) is 17.3. The summed E-state index contributed by atoms with van der Waals surface area (Å²) in [6.45, 7) is 10.7. The average Bonchev–Trinajstić information content (AvgIpc) is 2.70. The van der Waals surface area contributed by atoms with Crippen molar-refractivity contribution >= 4 is 23.5 Å². The van der Waals surface area contributed by atoms with E-state index in [4.69, 9.17) is 5.14 Å². The van der Waals surface area contributed by atoms with E-state index < -0.39 is 0 Å². The summed E-state index contributed by atoms with van der Waals surface area (Å²) in [5.74, 6) is 0.166. The second kappa shape index (κ2) is 8.60. The molecule has 26 heavy (non-hydrogen) atoms. The Morgan fingerprint density at radius 3 is 2.58 bits per heavy atom. The molecule has 1 aromatic rings. The number of benzene rings is 1. The number of rotatable bonds is 5. The van der Waals surface area contributed by atoms with Crippen LogP contribution in [0.15, 0.2) is 54.1 Å². The molecule has 0 aromatic heterocycles. The molecule has 0 bridgehead atoms. The maximum atomic E-state index is 12.8. The number of nitrogens with two attached hydrogens (primary N) is 1.